The van der Waals surface area contributed by atoms with Gasteiger partial charge < -0.3 is 19.5 Å². The fourth-order valence-electron chi connectivity index (χ4n) is 2.73. The lowest BCUT2D eigenvalue weighted by atomic mass is 10.1. The van der Waals surface area contributed by atoms with E-state index in [1.54, 1.807) is 6.08 Å². The Morgan fingerprint density at radius 2 is 2.07 bits per heavy atom. The molecule has 0 radical (unpaired) electrons. The Morgan fingerprint density at radius 1 is 1.31 bits per heavy atom. The van der Waals surface area contributed by atoms with Crippen molar-refractivity contribution in [2.24, 2.45) is 0 Å². The second kappa shape index (κ2) is 10.5. The predicted octanol–water partition coefficient (Wildman–Crippen LogP) is 2.59. The lowest BCUT2D eigenvalue weighted by Gasteiger charge is -2.11. The highest BCUT2D eigenvalue weighted by atomic mass is 16.5. The molecule has 0 bridgehead atoms. The van der Waals surface area contributed by atoms with Crippen LogP contribution in [-0.2, 0) is 20.7 Å². The van der Waals surface area contributed by atoms with Crippen LogP contribution >= 0.6 is 0 Å². The van der Waals surface area contributed by atoms with Crippen molar-refractivity contribution in [2.75, 3.05) is 13.2 Å². The molecule has 8 nitrogen and oxygen atoms in total. The predicted molar refractivity (Wildman–Crippen MR) is 108 cm³/mol. The van der Waals surface area contributed by atoms with Crippen LogP contribution < -0.4 is 20.1 Å². The molecule has 2 N–H and O–H groups in total. The first-order valence-corrected chi connectivity index (χ1v) is 9.73. The van der Waals surface area contributed by atoms with Gasteiger partial charge in [0.2, 0.25) is 0 Å². The Kier molecular flexibility index (Phi) is 8.06. The van der Waals surface area contributed by atoms with E-state index in [0.29, 0.717) is 17.9 Å². The average molecular weight is 404 g/mol. The van der Waals surface area contributed by atoms with Crippen molar-refractivity contribution >= 4 is 24.0 Å². The first kappa shape index (κ1) is 22.3. The van der Waals surface area contributed by atoms with E-state index < -0.39 is 24.5 Å². The Bertz CT molecular complexity index is 790. The van der Waals surface area contributed by atoms with Gasteiger partial charge in [-0.05, 0) is 45.4 Å². The molecule has 1 aliphatic rings. The minimum Gasteiger partial charge on any atom is -0.493 e. The van der Waals surface area contributed by atoms with E-state index in [1.807, 2.05) is 39.8 Å². The highest BCUT2D eigenvalue weighted by Crippen LogP contribution is 2.35. The lowest BCUT2D eigenvalue weighted by Crippen LogP contribution is -2.44. The minimum atomic E-state index is -0.709. The standard InChI is InChI=1S/C21H28N2O6/c1-5-13(3)22-21(26)23-19(24)12-28-20(25)8-7-15-10-18-16(9-14(4)29-18)11-17(15)27-6-2/h7-8,10-11,13-14H,5-6,9,12H2,1-4H3,(H2,22,23,24,26)/b8-7+/t13-,14+/m0/s1. The van der Waals surface area contributed by atoms with Gasteiger partial charge in [-0.1, -0.05) is 6.92 Å². The number of nitrogens with one attached hydrogen (secondary N) is 2. The molecule has 1 heterocycles. The molecule has 8 heteroatoms. The van der Waals surface area contributed by atoms with Crippen molar-refractivity contribution in [3.05, 3.63) is 29.3 Å². The van der Waals surface area contributed by atoms with E-state index >= 15 is 0 Å². The molecule has 0 aromatic heterocycles. The maximum atomic E-state index is 11.9. The summed E-state index contributed by atoms with van der Waals surface area (Å²) in [4.78, 5) is 35.2. The maximum Gasteiger partial charge on any atom is 0.331 e. The SMILES string of the molecule is CCOc1cc2c(cc1/C=C/C(=O)OCC(=O)NC(=O)N[C@@H](C)CC)O[C@H](C)C2. The number of ether oxygens (including phenoxy) is 3. The normalized spacial score (nSPS) is 15.9. The first-order valence-electron chi connectivity index (χ1n) is 9.73. The van der Waals surface area contributed by atoms with Crippen molar-refractivity contribution < 1.29 is 28.6 Å². The minimum absolute atomic E-state index is 0.0629. The first-order chi connectivity index (χ1) is 13.8. The van der Waals surface area contributed by atoms with Crippen molar-refractivity contribution in [2.45, 2.75) is 52.7 Å². The van der Waals surface area contributed by atoms with Crippen molar-refractivity contribution in [3.8, 4) is 11.5 Å². The summed E-state index contributed by atoms with van der Waals surface area (Å²) in [5.74, 6) is -0.00433. The topological polar surface area (TPSA) is 103 Å². The second-order valence-corrected chi connectivity index (χ2v) is 6.84. The number of rotatable bonds is 8. The second-order valence-electron chi connectivity index (χ2n) is 6.84. The molecule has 0 saturated carbocycles. The summed E-state index contributed by atoms with van der Waals surface area (Å²) in [5.41, 5.74) is 1.74. The Hall–Kier alpha value is -3.03. The van der Waals surface area contributed by atoms with Crippen LogP contribution in [0.4, 0.5) is 4.79 Å². The fraction of sp³-hybridized carbons (Fsp3) is 0.476. The van der Waals surface area contributed by atoms with E-state index in [-0.39, 0.29) is 12.1 Å². The van der Waals surface area contributed by atoms with Gasteiger partial charge in [-0.3, -0.25) is 10.1 Å². The summed E-state index contributed by atoms with van der Waals surface area (Å²) in [6.07, 6.45) is 4.39. The van der Waals surface area contributed by atoms with Gasteiger partial charge in [0.25, 0.3) is 5.91 Å². The Balaban J connectivity index is 1.91. The zero-order valence-electron chi connectivity index (χ0n) is 17.2. The smallest absolute Gasteiger partial charge is 0.331 e. The third-order valence-electron chi connectivity index (χ3n) is 4.32. The Morgan fingerprint density at radius 3 is 2.76 bits per heavy atom. The van der Waals surface area contributed by atoms with Crippen LogP contribution in [0, 0.1) is 0 Å². The van der Waals surface area contributed by atoms with Gasteiger partial charge in [-0.2, -0.15) is 0 Å². The summed E-state index contributed by atoms with van der Waals surface area (Å²) < 4.78 is 16.3. The molecule has 0 saturated heterocycles. The van der Waals surface area contributed by atoms with Crippen LogP contribution in [0.25, 0.3) is 6.08 Å². The van der Waals surface area contributed by atoms with E-state index in [1.165, 1.54) is 6.08 Å². The average Bonchev–Trinajstić information content (AvgIpc) is 3.03. The van der Waals surface area contributed by atoms with E-state index in [4.69, 9.17) is 14.2 Å². The maximum absolute atomic E-state index is 11.9. The van der Waals surface area contributed by atoms with Crippen LogP contribution in [0.5, 0.6) is 11.5 Å². The van der Waals surface area contributed by atoms with Crippen LogP contribution in [0.3, 0.4) is 0 Å². The van der Waals surface area contributed by atoms with Gasteiger partial charge in [0.15, 0.2) is 6.61 Å². The summed E-state index contributed by atoms with van der Waals surface area (Å²) >= 11 is 0. The van der Waals surface area contributed by atoms with E-state index in [2.05, 4.69) is 10.6 Å². The van der Waals surface area contributed by atoms with Gasteiger partial charge in [0, 0.05) is 29.7 Å². The fourth-order valence-corrected chi connectivity index (χ4v) is 2.73. The molecule has 1 aromatic carbocycles. The summed E-state index contributed by atoms with van der Waals surface area (Å²) in [6, 6.07) is 3.05. The number of benzene rings is 1. The molecular formula is C21H28N2O6. The van der Waals surface area contributed by atoms with Crippen molar-refractivity contribution in [1.82, 2.24) is 10.6 Å². The zero-order chi connectivity index (χ0) is 21.4. The number of imide groups is 1. The number of hydrogen-bond acceptors (Lipinski definition) is 6. The molecule has 2 rings (SSSR count). The number of amides is 3. The van der Waals surface area contributed by atoms with E-state index in [0.717, 1.165) is 24.2 Å². The molecule has 1 aliphatic heterocycles. The number of hydrogen-bond donors (Lipinski definition) is 2. The largest absolute Gasteiger partial charge is 0.493 e. The molecule has 158 valence electrons. The van der Waals surface area contributed by atoms with Crippen LogP contribution in [0.2, 0.25) is 0 Å². The number of fused-ring (bicyclic) bond motifs is 1. The molecule has 3 amide bonds. The van der Waals surface area contributed by atoms with Crippen molar-refractivity contribution in [1.29, 1.82) is 0 Å². The van der Waals surface area contributed by atoms with Gasteiger partial charge in [0.1, 0.15) is 17.6 Å². The third kappa shape index (κ3) is 6.81. The Labute approximate surface area is 170 Å². The van der Waals surface area contributed by atoms with Gasteiger partial charge in [-0.15, -0.1) is 0 Å². The molecule has 0 fully saturated rings. The van der Waals surface area contributed by atoms with Crippen LogP contribution in [-0.4, -0.2) is 43.3 Å². The molecule has 0 spiro atoms. The number of esters is 1. The van der Waals surface area contributed by atoms with Gasteiger partial charge >= 0.3 is 12.0 Å². The number of carbonyl (C=O) groups excluding carboxylic acids is 3. The van der Waals surface area contributed by atoms with Gasteiger partial charge in [0.05, 0.1) is 6.61 Å². The molecule has 0 unspecified atom stereocenters. The molecule has 29 heavy (non-hydrogen) atoms. The molecule has 2 atom stereocenters. The van der Waals surface area contributed by atoms with Crippen LogP contribution in [0.1, 0.15) is 45.2 Å². The summed E-state index contributed by atoms with van der Waals surface area (Å²) in [7, 11) is 0. The number of carbonyl (C=O) groups is 3. The lowest BCUT2D eigenvalue weighted by molar-refractivity contribution is -0.143. The van der Waals surface area contributed by atoms with Gasteiger partial charge in [-0.25, -0.2) is 9.59 Å². The molecular weight excluding hydrogens is 376 g/mol. The highest BCUT2D eigenvalue weighted by Gasteiger charge is 2.21. The highest BCUT2D eigenvalue weighted by molar-refractivity contribution is 5.96. The summed E-state index contributed by atoms with van der Waals surface area (Å²) in [5, 5.41) is 4.69. The third-order valence-corrected chi connectivity index (χ3v) is 4.32. The zero-order valence-corrected chi connectivity index (χ0v) is 17.2. The van der Waals surface area contributed by atoms with E-state index in [9.17, 15) is 14.4 Å². The quantitative estimate of drug-likeness (QED) is 0.510. The summed E-state index contributed by atoms with van der Waals surface area (Å²) in [6.45, 7) is 7.52. The van der Waals surface area contributed by atoms with Crippen molar-refractivity contribution in [3.63, 3.8) is 0 Å². The molecule has 0 aliphatic carbocycles. The van der Waals surface area contributed by atoms with Crippen LogP contribution in [0.15, 0.2) is 18.2 Å². The monoisotopic (exact) mass is 404 g/mol. The number of urea groups is 1. The molecule has 1 aromatic rings.